The Kier molecular flexibility index (Phi) is 5.54. The van der Waals surface area contributed by atoms with Crippen LogP contribution in [0.1, 0.15) is 49.1 Å². The summed E-state index contributed by atoms with van der Waals surface area (Å²) < 4.78 is 33.1. The number of benzene rings is 1. The number of hydrogen-bond donors (Lipinski definition) is 0. The van der Waals surface area contributed by atoms with E-state index >= 15 is 0 Å². The van der Waals surface area contributed by atoms with Gasteiger partial charge in [-0.1, -0.05) is 43.7 Å². The van der Waals surface area contributed by atoms with Gasteiger partial charge in [0.1, 0.15) is 0 Å². The Labute approximate surface area is 167 Å². The number of aromatic nitrogens is 1. The third-order valence-electron chi connectivity index (χ3n) is 5.74. The molecule has 0 amide bonds. The van der Waals surface area contributed by atoms with Crippen molar-refractivity contribution in [3.05, 3.63) is 52.7 Å². The van der Waals surface area contributed by atoms with E-state index in [4.69, 9.17) is 9.72 Å². The first kappa shape index (κ1) is 19.6. The summed E-state index contributed by atoms with van der Waals surface area (Å²) in [6.45, 7) is 5.56. The predicted molar refractivity (Wildman–Crippen MR) is 110 cm³/mol. The van der Waals surface area contributed by atoms with Crippen LogP contribution in [-0.2, 0) is 40.8 Å². The molecule has 4 rings (SSSR count). The van der Waals surface area contributed by atoms with Crippen molar-refractivity contribution in [3.8, 4) is 11.3 Å². The fourth-order valence-corrected chi connectivity index (χ4v) is 5.75. The summed E-state index contributed by atoms with van der Waals surface area (Å²) in [5, 5.41) is 0. The number of hydrogen-bond acceptors (Lipinski definition) is 4. The first-order chi connectivity index (χ1) is 13.5. The Balaban J connectivity index is 1.76. The molecular weight excluding hydrogens is 372 g/mol. The van der Waals surface area contributed by atoms with E-state index in [1.54, 1.807) is 4.31 Å². The molecule has 150 valence electrons. The second kappa shape index (κ2) is 7.93. The van der Waals surface area contributed by atoms with Crippen LogP contribution >= 0.6 is 0 Å². The van der Waals surface area contributed by atoms with Gasteiger partial charge in [-0.05, 0) is 30.0 Å². The predicted octanol–water partition coefficient (Wildman–Crippen LogP) is 3.70. The van der Waals surface area contributed by atoms with Crippen LogP contribution in [0.2, 0.25) is 0 Å². The lowest BCUT2D eigenvalue weighted by molar-refractivity contribution is 0.0400. The lowest BCUT2D eigenvalue weighted by Gasteiger charge is -2.33. The minimum absolute atomic E-state index is 0.141. The average molecular weight is 401 g/mol. The van der Waals surface area contributed by atoms with Crippen LogP contribution in [0.15, 0.2) is 30.3 Å². The van der Waals surface area contributed by atoms with Crippen molar-refractivity contribution < 1.29 is 13.2 Å². The highest BCUT2D eigenvalue weighted by molar-refractivity contribution is 7.89. The molecule has 28 heavy (non-hydrogen) atoms. The van der Waals surface area contributed by atoms with Crippen LogP contribution in [0.5, 0.6) is 0 Å². The van der Waals surface area contributed by atoms with E-state index in [1.165, 1.54) is 5.56 Å². The van der Waals surface area contributed by atoms with Crippen molar-refractivity contribution in [2.75, 3.05) is 12.3 Å². The van der Waals surface area contributed by atoms with E-state index in [0.29, 0.717) is 32.5 Å². The van der Waals surface area contributed by atoms with Gasteiger partial charge in [0.2, 0.25) is 10.0 Å². The van der Waals surface area contributed by atoms with Crippen LogP contribution in [0, 0.1) is 0 Å². The van der Waals surface area contributed by atoms with E-state index in [-0.39, 0.29) is 11.9 Å². The minimum Gasteiger partial charge on any atom is -0.373 e. The molecule has 5 nitrogen and oxygen atoms in total. The van der Waals surface area contributed by atoms with Gasteiger partial charge in [0.05, 0.1) is 24.2 Å². The maximum atomic E-state index is 12.7. The lowest BCUT2D eigenvalue weighted by atomic mass is 9.89. The van der Waals surface area contributed by atoms with Gasteiger partial charge in [0.25, 0.3) is 0 Å². The van der Waals surface area contributed by atoms with Gasteiger partial charge in [-0.2, -0.15) is 4.31 Å². The molecule has 0 saturated carbocycles. The molecule has 0 radical (unpaired) electrons. The topological polar surface area (TPSA) is 59.5 Å². The molecule has 1 aromatic heterocycles. The van der Waals surface area contributed by atoms with Gasteiger partial charge in [-0.25, -0.2) is 8.42 Å². The summed E-state index contributed by atoms with van der Waals surface area (Å²) in [4.78, 5) is 5.03. The molecule has 1 unspecified atom stereocenters. The van der Waals surface area contributed by atoms with Crippen molar-refractivity contribution in [1.82, 2.24) is 9.29 Å². The normalized spacial score (nSPS) is 19.9. The molecule has 3 heterocycles. The number of fused-ring (bicyclic) bond motifs is 3. The Morgan fingerprint density at radius 2 is 1.96 bits per heavy atom. The average Bonchev–Trinajstić information content (AvgIpc) is 2.71. The van der Waals surface area contributed by atoms with Crippen molar-refractivity contribution >= 4 is 10.0 Å². The molecule has 1 aromatic carbocycles. The Morgan fingerprint density at radius 1 is 1.18 bits per heavy atom. The first-order valence-electron chi connectivity index (χ1n) is 10.2. The van der Waals surface area contributed by atoms with Gasteiger partial charge in [-0.3, -0.25) is 4.98 Å². The molecule has 0 fully saturated rings. The summed E-state index contributed by atoms with van der Waals surface area (Å²) in [6, 6.07) is 10.3. The fourth-order valence-electron chi connectivity index (χ4n) is 4.14. The Bertz CT molecular complexity index is 957. The highest BCUT2D eigenvalue weighted by Crippen LogP contribution is 2.36. The monoisotopic (exact) mass is 400 g/mol. The van der Waals surface area contributed by atoms with Crippen LogP contribution in [0.3, 0.4) is 0 Å². The van der Waals surface area contributed by atoms with Crippen LogP contribution in [-0.4, -0.2) is 36.1 Å². The minimum atomic E-state index is -3.22. The molecule has 6 heteroatoms. The molecule has 1 atom stereocenters. The molecule has 0 N–H and O–H groups in total. The zero-order chi connectivity index (χ0) is 19.7. The number of unbranched alkanes of at least 4 members (excludes halogenated alkanes) is 1. The van der Waals surface area contributed by atoms with Gasteiger partial charge in [0.15, 0.2) is 0 Å². The number of sulfonamides is 1. The Hall–Kier alpha value is -1.76. The third kappa shape index (κ3) is 3.73. The maximum Gasteiger partial charge on any atom is 0.214 e. The van der Waals surface area contributed by atoms with Crippen LogP contribution in [0.25, 0.3) is 11.3 Å². The first-order valence-corrected chi connectivity index (χ1v) is 11.8. The highest BCUT2D eigenvalue weighted by Gasteiger charge is 2.32. The summed E-state index contributed by atoms with van der Waals surface area (Å²) in [7, 11) is -3.22. The van der Waals surface area contributed by atoms with Crippen molar-refractivity contribution in [1.29, 1.82) is 0 Å². The second-order valence-electron chi connectivity index (χ2n) is 7.79. The fraction of sp³-hybridized carbons (Fsp3) is 0.500. The number of nitrogens with zero attached hydrogens (tertiary/aromatic N) is 2. The van der Waals surface area contributed by atoms with Gasteiger partial charge >= 0.3 is 0 Å². The van der Waals surface area contributed by atoms with E-state index < -0.39 is 10.0 Å². The molecule has 0 spiro atoms. The Morgan fingerprint density at radius 3 is 2.71 bits per heavy atom. The SMILES string of the molecule is CCCCS(=O)(=O)N1CCc2nc(-c3ccccc3)c3c(c2C1)COC(C)C3. The summed E-state index contributed by atoms with van der Waals surface area (Å²) in [5.41, 5.74) is 6.61. The largest absolute Gasteiger partial charge is 0.373 e. The van der Waals surface area contributed by atoms with Crippen LogP contribution in [0.4, 0.5) is 0 Å². The standard InChI is InChI=1S/C22H28N2O3S/c1-3-4-12-28(25,26)24-11-10-21-19(14-24)20-15-27-16(2)13-18(20)22(23-21)17-8-6-5-7-9-17/h5-9,16H,3-4,10-15H2,1-2H3. The van der Waals surface area contributed by atoms with Gasteiger partial charge < -0.3 is 4.74 Å². The third-order valence-corrected chi connectivity index (χ3v) is 7.65. The van der Waals surface area contributed by atoms with Crippen molar-refractivity contribution in [3.63, 3.8) is 0 Å². The van der Waals surface area contributed by atoms with Gasteiger partial charge in [-0.15, -0.1) is 0 Å². The molecule has 0 saturated heterocycles. The quantitative estimate of drug-likeness (QED) is 0.768. The summed E-state index contributed by atoms with van der Waals surface area (Å²) in [5.74, 6) is 0.226. The molecule has 2 aliphatic heterocycles. The summed E-state index contributed by atoms with van der Waals surface area (Å²) in [6.07, 6.45) is 3.19. The molecule has 2 aromatic rings. The number of rotatable bonds is 5. The molecular formula is C22H28N2O3S. The van der Waals surface area contributed by atoms with Crippen LogP contribution < -0.4 is 0 Å². The maximum absolute atomic E-state index is 12.7. The van der Waals surface area contributed by atoms with E-state index in [0.717, 1.165) is 40.9 Å². The molecule has 2 aliphatic rings. The highest BCUT2D eigenvalue weighted by atomic mass is 32.2. The number of ether oxygens (including phenoxy) is 1. The van der Waals surface area contributed by atoms with Crippen molar-refractivity contribution in [2.45, 2.75) is 58.8 Å². The van der Waals surface area contributed by atoms with E-state index in [1.807, 2.05) is 25.1 Å². The summed E-state index contributed by atoms with van der Waals surface area (Å²) >= 11 is 0. The smallest absolute Gasteiger partial charge is 0.214 e. The zero-order valence-corrected chi connectivity index (χ0v) is 17.5. The van der Waals surface area contributed by atoms with E-state index in [2.05, 4.69) is 19.1 Å². The van der Waals surface area contributed by atoms with Gasteiger partial charge in [0, 0.05) is 37.2 Å². The zero-order valence-electron chi connectivity index (χ0n) is 16.6. The van der Waals surface area contributed by atoms with Crippen molar-refractivity contribution in [2.24, 2.45) is 0 Å². The molecule has 0 bridgehead atoms. The number of pyridine rings is 1. The van der Waals surface area contributed by atoms with E-state index in [9.17, 15) is 8.42 Å². The molecule has 0 aliphatic carbocycles. The second-order valence-corrected chi connectivity index (χ2v) is 9.88. The lowest BCUT2D eigenvalue weighted by Crippen LogP contribution is -2.39.